The van der Waals surface area contributed by atoms with E-state index in [0.29, 0.717) is 0 Å². The Balaban J connectivity index is 2.26. The first-order valence-electron chi connectivity index (χ1n) is 7.77. The van der Waals surface area contributed by atoms with E-state index in [0.717, 1.165) is 29.7 Å². The van der Waals surface area contributed by atoms with Gasteiger partial charge < -0.3 is 5.32 Å². The first-order chi connectivity index (χ1) is 8.04. The minimum Gasteiger partial charge on any atom is -0.314 e. The van der Waals surface area contributed by atoms with E-state index in [1.165, 1.54) is 38.6 Å². The first-order valence-corrected chi connectivity index (χ1v) is 7.77. The second-order valence-electron chi connectivity index (χ2n) is 6.69. The summed E-state index contributed by atoms with van der Waals surface area (Å²) in [6.07, 6.45) is 7.08. The lowest BCUT2D eigenvalue weighted by atomic mass is 9.82. The van der Waals surface area contributed by atoms with Crippen LogP contribution in [-0.4, -0.2) is 12.6 Å². The Morgan fingerprint density at radius 2 is 1.47 bits per heavy atom. The van der Waals surface area contributed by atoms with Gasteiger partial charge in [0.25, 0.3) is 0 Å². The predicted octanol–water partition coefficient (Wildman–Crippen LogP) is 4.47. The molecule has 17 heavy (non-hydrogen) atoms. The summed E-state index contributed by atoms with van der Waals surface area (Å²) in [4.78, 5) is 0. The number of hydrogen-bond acceptors (Lipinski definition) is 1. The predicted molar refractivity (Wildman–Crippen MR) is 77.2 cm³/mol. The highest BCUT2D eigenvalue weighted by molar-refractivity contribution is 4.79. The summed E-state index contributed by atoms with van der Waals surface area (Å²) in [5.41, 5.74) is 0. The highest BCUT2D eigenvalue weighted by Crippen LogP contribution is 2.27. The average molecular weight is 239 g/mol. The van der Waals surface area contributed by atoms with Gasteiger partial charge in [0, 0.05) is 6.04 Å². The van der Waals surface area contributed by atoms with E-state index >= 15 is 0 Å². The van der Waals surface area contributed by atoms with Crippen LogP contribution in [0.3, 0.4) is 0 Å². The third-order valence-corrected chi connectivity index (χ3v) is 4.78. The lowest BCUT2D eigenvalue weighted by molar-refractivity contribution is 0.233. The van der Waals surface area contributed by atoms with Crippen LogP contribution in [0, 0.1) is 23.7 Å². The number of nitrogens with one attached hydrogen (secondary N) is 1. The maximum atomic E-state index is 3.83. The second-order valence-corrected chi connectivity index (χ2v) is 6.69. The van der Waals surface area contributed by atoms with Gasteiger partial charge in [-0.1, -0.05) is 41.0 Å². The van der Waals surface area contributed by atoms with Gasteiger partial charge in [-0.05, 0) is 55.9 Å². The lowest BCUT2D eigenvalue weighted by Gasteiger charge is -2.32. The smallest absolute Gasteiger partial charge is 0.00673 e. The van der Waals surface area contributed by atoms with Gasteiger partial charge in [-0.3, -0.25) is 0 Å². The first kappa shape index (κ1) is 15.0. The van der Waals surface area contributed by atoms with Crippen molar-refractivity contribution < 1.29 is 0 Å². The Morgan fingerprint density at radius 3 is 1.88 bits per heavy atom. The largest absolute Gasteiger partial charge is 0.314 e. The summed E-state index contributed by atoms with van der Waals surface area (Å²) in [6.45, 7) is 13.0. The summed E-state index contributed by atoms with van der Waals surface area (Å²) in [5, 5.41) is 3.83. The molecule has 0 aromatic heterocycles. The van der Waals surface area contributed by atoms with Crippen molar-refractivity contribution >= 4 is 0 Å². The maximum Gasteiger partial charge on any atom is 0.00673 e. The molecular formula is C16H33N. The molecule has 102 valence electrons. The maximum absolute atomic E-state index is 3.83. The number of hydrogen-bond donors (Lipinski definition) is 1. The quantitative estimate of drug-likeness (QED) is 0.721. The molecule has 0 spiro atoms. The van der Waals surface area contributed by atoms with Crippen LogP contribution in [-0.2, 0) is 0 Å². The van der Waals surface area contributed by atoms with Gasteiger partial charge in [0.2, 0.25) is 0 Å². The van der Waals surface area contributed by atoms with Gasteiger partial charge in [0.15, 0.2) is 0 Å². The number of rotatable bonds is 6. The van der Waals surface area contributed by atoms with E-state index in [1.807, 2.05) is 0 Å². The summed E-state index contributed by atoms with van der Waals surface area (Å²) >= 11 is 0. The van der Waals surface area contributed by atoms with Crippen LogP contribution >= 0.6 is 0 Å². The molecule has 1 fully saturated rings. The molecule has 1 rings (SSSR count). The molecule has 1 saturated carbocycles. The molecule has 1 heteroatoms. The topological polar surface area (TPSA) is 12.0 Å². The SMILES string of the molecule is CCC1CCC(NCC(C(C)C)C(C)C)CC1. The monoisotopic (exact) mass is 239 g/mol. The molecule has 1 nitrogen and oxygen atoms in total. The lowest BCUT2D eigenvalue weighted by Crippen LogP contribution is -2.38. The summed E-state index contributed by atoms with van der Waals surface area (Å²) in [5.74, 6) is 3.45. The zero-order valence-corrected chi connectivity index (χ0v) is 12.6. The molecule has 0 unspecified atom stereocenters. The molecule has 0 aromatic carbocycles. The van der Waals surface area contributed by atoms with Crippen molar-refractivity contribution in [3.8, 4) is 0 Å². The van der Waals surface area contributed by atoms with Crippen molar-refractivity contribution in [2.75, 3.05) is 6.54 Å². The molecule has 0 radical (unpaired) electrons. The van der Waals surface area contributed by atoms with E-state index < -0.39 is 0 Å². The third-order valence-electron chi connectivity index (χ3n) is 4.78. The van der Waals surface area contributed by atoms with Crippen LogP contribution in [0.15, 0.2) is 0 Å². The Bertz CT molecular complexity index is 182. The molecule has 0 amide bonds. The molecule has 0 saturated heterocycles. The second kappa shape index (κ2) is 7.41. The zero-order valence-electron chi connectivity index (χ0n) is 12.6. The van der Waals surface area contributed by atoms with E-state index in [2.05, 4.69) is 39.9 Å². The van der Waals surface area contributed by atoms with E-state index in [9.17, 15) is 0 Å². The summed E-state index contributed by atoms with van der Waals surface area (Å²) in [6, 6.07) is 0.804. The van der Waals surface area contributed by atoms with Crippen molar-refractivity contribution in [3.63, 3.8) is 0 Å². The Morgan fingerprint density at radius 1 is 0.941 bits per heavy atom. The van der Waals surface area contributed by atoms with Crippen molar-refractivity contribution in [2.45, 2.75) is 72.8 Å². The van der Waals surface area contributed by atoms with E-state index in [1.54, 1.807) is 0 Å². The Hall–Kier alpha value is -0.0400. The van der Waals surface area contributed by atoms with Crippen molar-refractivity contribution in [2.24, 2.45) is 23.7 Å². The standard InChI is InChI=1S/C16H33N/c1-6-14-7-9-15(10-8-14)17-11-16(12(2)3)13(4)5/h12-17H,6-11H2,1-5H3. The molecule has 1 aliphatic carbocycles. The fourth-order valence-corrected chi connectivity index (χ4v) is 3.32. The van der Waals surface area contributed by atoms with Gasteiger partial charge >= 0.3 is 0 Å². The average Bonchev–Trinajstić information content (AvgIpc) is 2.29. The van der Waals surface area contributed by atoms with Crippen molar-refractivity contribution in [1.82, 2.24) is 5.32 Å². The molecule has 0 heterocycles. The van der Waals surface area contributed by atoms with Crippen LogP contribution in [0.2, 0.25) is 0 Å². The Labute approximate surface area is 109 Å². The van der Waals surface area contributed by atoms with Crippen LogP contribution in [0.5, 0.6) is 0 Å². The van der Waals surface area contributed by atoms with Crippen LogP contribution < -0.4 is 5.32 Å². The highest BCUT2D eigenvalue weighted by atomic mass is 14.9. The van der Waals surface area contributed by atoms with Crippen molar-refractivity contribution in [1.29, 1.82) is 0 Å². The van der Waals surface area contributed by atoms with Gasteiger partial charge in [0.1, 0.15) is 0 Å². The zero-order chi connectivity index (χ0) is 12.8. The summed E-state index contributed by atoms with van der Waals surface area (Å²) in [7, 11) is 0. The Kier molecular flexibility index (Phi) is 6.54. The normalized spacial score (nSPS) is 26.1. The van der Waals surface area contributed by atoms with Gasteiger partial charge in [-0.2, -0.15) is 0 Å². The van der Waals surface area contributed by atoms with Crippen LogP contribution in [0.4, 0.5) is 0 Å². The van der Waals surface area contributed by atoms with Crippen molar-refractivity contribution in [3.05, 3.63) is 0 Å². The molecule has 1 N–H and O–H groups in total. The minimum absolute atomic E-state index is 0.800. The third kappa shape index (κ3) is 4.99. The molecule has 0 aliphatic heterocycles. The molecule has 1 aliphatic rings. The molecule has 0 bridgehead atoms. The van der Waals surface area contributed by atoms with Gasteiger partial charge in [0.05, 0.1) is 0 Å². The van der Waals surface area contributed by atoms with E-state index in [4.69, 9.17) is 0 Å². The molecule has 0 aromatic rings. The summed E-state index contributed by atoms with van der Waals surface area (Å²) < 4.78 is 0. The highest BCUT2D eigenvalue weighted by Gasteiger charge is 2.22. The minimum atomic E-state index is 0.800. The molecule has 0 atom stereocenters. The van der Waals surface area contributed by atoms with Gasteiger partial charge in [-0.15, -0.1) is 0 Å². The van der Waals surface area contributed by atoms with E-state index in [-0.39, 0.29) is 0 Å². The fourth-order valence-electron chi connectivity index (χ4n) is 3.32. The fraction of sp³-hybridized carbons (Fsp3) is 1.00. The van der Waals surface area contributed by atoms with Gasteiger partial charge in [-0.25, -0.2) is 0 Å². The van der Waals surface area contributed by atoms with Crippen LogP contribution in [0.1, 0.15) is 66.7 Å². The molecular weight excluding hydrogens is 206 g/mol. The van der Waals surface area contributed by atoms with Crippen LogP contribution in [0.25, 0.3) is 0 Å².